The number of methoxy groups -OCH3 is 2. The van der Waals surface area contributed by atoms with Crippen LogP contribution in [-0.2, 0) is 23.8 Å². The fourth-order valence-electron chi connectivity index (χ4n) is 2.24. The normalized spacial score (nSPS) is 31.8. The number of ether oxygens (including phenoxy) is 3. The highest BCUT2D eigenvalue weighted by Gasteiger charge is 2.53. The summed E-state index contributed by atoms with van der Waals surface area (Å²) in [7, 11) is 2.71. The number of hydrogen-bond acceptors (Lipinski definition) is 5. The maximum atomic E-state index is 11.6. The zero-order valence-corrected chi connectivity index (χ0v) is 11.3. The van der Waals surface area contributed by atoms with Gasteiger partial charge in [-0.3, -0.25) is 4.79 Å². The fraction of sp³-hybridized carbons (Fsp3) is 0.538. The van der Waals surface area contributed by atoms with Crippen LogP contribution in [0.15, 0.2) is 23.3 Å². The van der Waals surface area contributed by atoms with E-state index in [4.69, 9.17) is 14.3 Å². The maximum absolute atomic E-state index is 11.6. The SMILES string of the molecule is COC(=O)C1=C(C)C2(C)C=CC1(C)O2.COC=O. The Kier molecular flexibility index (Phi) is 3.96. The van der Waals surface area contributed by atoms with E-state index < -0.39 is 11.2 Å². The van der Waals surface area contributed by atoms with E-state index in [9.17, 15) is 4.79 Å². The van der Waals surface area contributed by atoms with Gasteiger partial charge in [-0.2, -0.15) is 0 Å². The number of hydrogen-bond donors (Lipinski definition) is 0. The smallest absolute Gasteiger partial charge is 0.337 e. The second kappa shape index (κ2) is 4.94. The summed E-state index contributed by atoms with van der Waals surface area (Å²) in [5.41, 5.74) is 0.587. The molecule has 0 amide bonds. The minimum Gasteiger partial charge on any atom is -0.471 e. The van der Waals surface area contributed by atoms with Crippen molar-refractivity contribution in [2.24, 2.45) is 0 Å². The van der Waals surface area contributed by atoms with Crippen molar-refractivity contribution in [1.82, 2.24) is 0 Å². The lowest BCUT2D eigenvalue weighted by molar-refractivity contribution is -0.138. The molecule has 2 aliphatic rings. The van der Waals surface area contributed by atoms with Crippen molar-refractivity contribution in [3.05, 3.63) is 23.3 Å². The third-order valence-electron chi connectivity index (χ3n) is 3.25. The first-order valence-electron chi connectivity index (χ1n) is 5.52. The predicted molar refractivity (Wildman–Crippen MR) is 64.8 cm³/mol. The summed E-state index contributed by atoms with van der Waals surface area (Å²) < 4.78 is 14.4. The van der Waals surface area contributed by atoms with Gasteiger partial charge < -0.3 is 14.2 Å². The molecule has 0 fully saturated rings. The summed E-state index contributed by atoms with van der Waals surface area (Å²) in [6, 6.07) is 0. The summed E-state index contributed by atoms with van der Waals surface area (Å²) in [6.07, 6.45) is 3.92. The van der Waals surface area contributed by atoms with Gasteiger partial charge in [-0.1, -0.05) is 0 Å². The molecule has 2 aliphatic heterocycles. The Morgan fingerprint density at radius 1 is 1.28 bits per heavy atom. The van der Waals surface area contributed by atoms with E-state index in [0.717, 1.165) is 5.57 Å². The van der Waals surface area contributed by atoms with E-state index >= 15 is 0 Å². The highest BCUT2D eigenvalue weighted by atomic mass is 16.5. The lowest BCUT2D eigenvalue weighted by Gasteiger charge is -2.20. The van der Waals surface area contributed by atoms with Gasteiger partial charge in [-0.25, -0.2) is 4.79 Å². The first-order valence-corrected chi connectivity index (χ1v) is 5.52. The van der Waals surface area contributed by atoms with Crippen LogP contribution >= 0.6 is 0 Å². The van der Waals surface area contributed by atoms with E-state index in [1.165, 1.54) is 14.2 Å². The second-order valence-corrected chi connectivity index (χ2v) is 4.47. The molecule has 0 spiro atoms. The summed E-state index contributed by atoms with van der Waals surface area (Å²) >= 11 is 0. The molecule has 0 aromatic rings. The van der Waals surface area contributed by atoms with Gasteiger partial charge in [0.2, 0.25) is 0 Å². The largest absolute Gasteiger partial charge is 0.471 e. The third kappa shape index (κ3) is 2.18. The summed E-state index contributed by atoms with van der Waals surface area (Å²) in [5, 5.41) is 0. The van der Waals surface area contributed by atoms with Crippen LogP contribution in [0.25, 0.3) is 0 Å². The molecule has 18 heavy (non-hydrogen) atoms. The van der Waals surface area contributed by atoms with Crippen LogP contribution in [0.1, 0.15) is 20.8 Å². The Morgan fingerprint density at radius 3 is 2.11 bits per heavy atom. The molecule has 2 unspecified atom stereocenters. The van der Waals surface area contributed by atoms with Crippen LogP contribution in [-0.4, -0.2) is 37.9 Å². The van der Waals surface area contributed by atoms with Gasteiger partial charge in [0.05, 0.1) is 19.8 Å². The predicted octanol–water partition coefficient (Wildman–Crippen LogP) is 1.38. The highest BCUT2D eigenvalue weighted by Crippen LogP contribution is 2.49. The minimum atomic E-state index is -0.591. The van der Waals surface area contributed by atoms with Gasteiger partial charge in [0.1, 0.15) is 11.2 Å². The van der Waals surface area contributed by atoms with E-state index in [0.29, 0.717) is 12.0 Å². The summed E-state index contributed by atoms with van der Waals surface area (Å²) in [5.74, 6) is -0.293. The van der Waals surface area contributed by atoms with Gasteiger partial charge in [-0.05, 0) is 38.5 Å². The lowest BCUT2D eigenvalue weighted by Crippen LogP contribution is -2.28. The monoisotopic (exact) mass is 254 g/mol. The molecule has 5 heteroatoms. The van der Waals surface area contributed by atoms with Crippen molar-refractivity contribution in [2.75, 3.05) is 14.2 Å². The number of carbonyl (C=O) groups is 2. The average molecular weight is 254 g/mol. The van der Waals surface area contributed by atoms with E-state index in [1.54, 1.807) is 0 Å². The first kappa shape index (κ1) is 14.4. The number of rotatable bonds is 2. The Balaban J connectivity index is 0.000000357. The molecule has 5 nitrogen and oxygen atoms in total. The maximum Gasteiger partial charge on any atom is 0.337 e. The molecule has 0 saturated heterocycles. The molecular formula is C13H18O5. The van der Waals surface area contributed by atoms with Crippen LogP contribution in [0.3, 0.4) is 0 Å². The molecule has 2 atom stereocenters. The van der Waals surface area contributed by atoms with Crippen molar-refractivity contribution in [3.63, 3.8) is 0 Å². The molecule has 0 N–H and O–H groups in total. The zero-order chi connectivity index (χ0) is 14.0. The molecular weight excluding hydrogens is 236 g/mol. The van der Waals surface area contributed by atoms with Gasteiger partial charge in [0, 0.05) is 0 Å². The second-order valence-electron chi connectivity index (χ2n) is 4.47. The summed E-state index contributed by atoms with van der Waals surface area (Å²) in [6.45, 7) is 6.14. The number of carbonyl (C=O) groups excluding carboxylic acids is 2. The molecule has 0 aliphatic carbocycles. The molecule has 2 rings (SSSR count). The van der Waals surface area contributed by atoms with Crippen LogP contribution < -0.4 is 0 Å². The van der Waals surface area contributed by atoms with E-state index in [-0.39, 0.29) is 5.97 Å². The molecule has 0 radical (unpaired) electrons. The quantitative estimate of drug-likeness (QED) is 0.423. The molecule has 2 bridgehead atoms. The van der Waals surface area contributed by atoms with Crippen LogP contribution in [0, 0.1) is 0 Å². The van der Waals surface area contributed by atoms with Crippen molar-refractivity contribution in [3.8, 4) is 0 Å². The van der Waals surface area contributed by atoms with Crippen molar-refractivity contribution >= 4 is 12.4 Å². The number of fused-ring (bicyclic) bond motifs is 2. The standard InChI is InChI=1S/C11H14O3.C2H4O2/c1-7-8(9(12)13-4)11(3)6-5-10(7,2)14-11;1-4-2-3/h5-6H,1-4H3;2H,1H3. The fourth-order valence-corrected chi connectivity index (χ4v) is 2.24. The topological polar surface area (TPSA) is 61.8 Å². The van der Waals surface area contributed by atoms with Crippen molar-refractivity contribution in [2.45, 2.75) is 32.0 Å². The zero-order valence-electron chi connectivity index (χ0n) is 11.3. The van der Waals surface area contributed by atoms with Crippen molar-refractivity contribution < 1.29 is 23.8 Å². The molecule has 100 valence electrons. The summed E-state index contributed by atoms with van der Waals surface area (Å²) in [4.78, 5) is 20.5. The van der Waals surface area contributed by atoms with Gasteiger partial charge >= 0.3 is 5.97 Å². The Hall–Kier alpha value is -1.62. The minimum absolute atomic E-state index is 0.293. The third-order valence-corrected chi connectivity index (χ3v) is 3.25. The van der Waals surface area contributed by atoms with Crippen LogP contribution in [0.2, 0.25) is 0 Å². The lowest BCUT2D eigenvalue weighted by atomic mass is 9.84. The van der Waals surface area contributed by atoms with Crippen LogP contribution in [0.4, 0.5) is 0 Å². The Labute approximate surface area is 106 Å². The molecule has 0 saturated carbocycles. The molecule has 2 heterocycles. The molecule has 0 aromatic heterocycles. The van der Waals surface area contributed by atoms with Gasteiger partial charge in [-0.15, -0.1) is 0 Å². The first-order chi connectivity index (χ1) is 8.34. The molecule has 0 aromatic carbocycles. The average Bonchev–Trinajstić information content (AvgIpc) is 2.76. The van der Waals surface area contributed by atoms with Gasteiger partial charge in [0.25, 0.3) is 6.47 Å². The number of esters is 1. The Morgan fingerprint density at radius 2 is 1.78 bits per heavy atom. The van der Waals surface area contributed by atoms with E-state index in [1.807, 2.05) is 32.9 Å². The highest BCUT2D eigenvalue weighted by molar-refractivity contribution is 5.94. The van der Waals surface area contributed by atoms with Crippen molar-refractivity contribution in [1.29, 1.82) is 0 Å². The van der Waals surface area contributed by atoms with Crippen LogP contribution in [0.5, 0.6) is 0 Å². The van der Waals surface area contributed by atoms with E-state index in [2.05, 4.69) is 4.74 Å². The Bertz CT molecular complexity index is 423. The van der Waals surface area contributed by atoms with Gasteiger partial charge in [0.15, 0.2) is 0 Å².